The molecule has 0 aliphatic carbocycles. The van der Waals surface area contributed by atoms with Crippen LogP contribution < -0.4 is 4.74 Å². The summed E-state index contributed by atoms with van der Waals surface area (Å²) >= 11 is 12.0. The normalized spacial score (nSPS) is 18.0. The minimum absolute atomic E-state index is 0.150. The summed E-state index contributed by atoms with van der Waals surface area (Å²) in [5.41, 5.74) is 0.842. The summed E-state index contributed by atoms with van der Waals surface area (Å²) in [5, 5.41) is 1.00. The second kappa shape index (κ2) is 9.41. The average molecular weight is 465 g/mol. The van der Waals surface area contributed by atoms with E-state index in [0.29, 0.717) is 22.4 Å². The largest absolute Gasteiger partial charge is 0.489 e. The van der Waals surface area contributed by atoms with Crippen molar-refractivity contribution in [1.29, 1.82) is 0 Å². The predicted octanol–water partition coefficient (Wildman–Crippen LogP) is 5.85. The standard InChI is InChI=1S/C23H27BCl2O5/c1-22(2)23(3,4)31-24(30-22)18(13-21(27)28-5)16-7-9-17(10-8-16)29-14-15-6-11-19(25)20(26)12-15/h6-12,18H,13-14H2,1-5H3. The van der Waals surface area contributed by atoms with E-state index in [1.165, 1.54) is 7.11 Å². The van der Waals surface area contributed by atoms with Crippen molar-refractivity contribution in [2.45, 2.75) is 57.7 Å². The molecule has 0 bridgehead atoms. The van der Waals surface area contributed by atoms with Gasteiger partial charge >= 0.3 is 13.1 Å². The maximum Gasteiger partial charge on any atom is 0.466 e. The van der Waals surface area contributed by atoms with Gasteiger partial charge in [0.05, 0.1) is 34.8 Å². The molecular formula is C23H27BCl2O5. The molecule has 1 unspecified atom stereocenters. The van der Waals surface area contributed by atoms with Gasteiger partial charge in [0.2, 0.25) is 0 Å². The topological polar surface area (TPSA) is 54.0 Å². The molecule has 1 saturated heterocycles. The monoisotopic (exact) mass is 464 g/mol. The van der Waals surface area contributed by atoms with Crippen LogP contribution >= 0.6 is 23.2 Å². The lowest BCUT2D eigenvalue weighted by Crippen LogP contribution is -2.41. The van der Waals surface area contributed by atoms with Crippen LogP contribution in [0.2, 0.25) is 10.0 Å². The third-order valence-electron chi connectivity index (χ3n) is 5.91. The van der Waals surface area contributed by atoms with Crippen molar-refractivity contribution in [3.63, 3.8) is 0 Å². The van der Waals surface area contributed by atoms with Crippen molar-refractivity contribution < 1.29 is 23.6 Å². The average Bonchev–Trinajstić information content (AvgIpc) is 2.94. The van der Waals surface area contributed by atoms with Crippen LogP contribution in [-0.2, 0) is 25.4 Å². The highest BCUT2D eigenvalue weighted by Crippen LogP contribution is 2.42. The SMILES string of the molecule is COC(=O)CC(B1OC(C)(C)C(C)(C)O1)c1ccc(OCc2ccc(Cl)c(Cl)c2)cc1. The van der Waals surface area contributed by atoms with E-state index in [9.17, 15) is 4.79 Å². The third-order valence-corrected chi connectivity index (χ3v) is 6.65. The zero-order valence-electron chi connectivity index (χ0n) is 18.4. The number of ether oxygens (including phenoxy) is 2. The van der Waals surface area contributed by atoms with Gasteiger partial charge < -0.3 is 18.8 Å². The molecule has 1 heterocycles. The van der Waals surface area contributed by atoms with E-state index in [4.69, 9.17) is 42.0 Å². The Labute approximate surface area is 194 Å². The first kappa shape index (κ1) is 23.9. The Hall–Kier alpha value is -1.73. The Morgan fingerprint density at radius 3 is 2.16 bits per heavy atom. The molecule has 0 spiro atoms. The van der Waals surface area contributed by atoms with Gasteiger partial charge in [0.15, 0.2) is 0 Å². The molecule has 1 atom stereocenters. The van der Waals surface area contributed by atoms with Crippen LogP contribution in [0, 0.1) is 0 Å². The Morgan fingerprint density at radius 2 is 1.61 bits per heavy atom. The van der Waals surface area contributed by atoms with E-state index in [1.54, 1.807) is 12.1 Å². The van der Waals surface area contributed by atoms with Crippen molar-refractivity contribution >= 4 is 36.3 Å². The molecule has 0 amide bonds. The fraction of sp³-hybridized carbons (Fsp3) is 0.435. The van der Waals surface area contributed by atoms with E-state index in [-0.39, 0.29) is 18.2 Å². The van der Waals surface area contributed by atoms with Crippen molar-refractivity contribution in [3.8, 4) is 5.75 Å². The van der Waals surface area contributed by atoms with E-state index in [2.05, 4.69) is 0 Å². The van der Waals surface area contributed by atoms with Crippen LogP contribution in [0.25, 0.3) is 0 Å². The minimum Gasteiger partial charge on any atom is -0.489 e. The predicted molar refractivity (Wildman–Crippen MR) is 123 cm³/mol. The molecule has 5 nitrogen and oxygen atoms in total. The molecule has 2 aromatic carbocycles. The molecule has 0 saturated carbocycles. The highest BCUT2D eigenvalue weighted by Gasteiger charge is 2.54. The van der Waals surface area contributed by atoms with E-state index in [0.717, 1.165) is 11.1 Å². The number of carbonyl (C=O) groups excluding carboxylic acids is 1. The van der Waals surface area contributed by atoms with Gasteiger partial charge in [0, 0.05) is 5.82 Å². The Bertz CT molecular complexity index is 914. The molecule has 166 valence electrons. The first-order valence-corrected chi connectivity index (χ1v) is 10.9. The van der Waals surface area contributed by atoms with E-state index in [1.807, 2.05) is 58.0 Å². The van der Waals surface area contributed by atoms with Gasteiger partial charge in [0.1, 0.15) is 12.4 Å². The van der Waals surface area contributed by atoms with Crippen LogP contribution in [0.4, 0.5) is 0 Å². The van der Waals surface area contributed by atoms with Crippen LogP contribution in [0.1, 0.15) is 51.1 Å². The number of rotatable bonds is 7. The maximum absolute atomic E-state index is 12.1. The zero-order chi connectivity index (χ0) is 22.8. The van der Waals surface area contributed by atoms with Gasteiger partial charge in [-0.2, -0.15) is 0 Å². The molecule has 1 fully saturated rings. The molecular weight excluding hydrogens is 438 g/mol. The molecule has 0 radical (unpaired) electrons. The summed E-state index contributed by atoms with van der Waals surface area (Å²) in [4.78, 5) is 12.1. The van der Waals surface area contributed by atoms with Crippen LogP contribution in [-0.4, -0.2) is 31.4 Å². The van der Waals surface area contributed by atoms with Gasteiger partial charge in [-0.05, 0) is 63.1 Å². The third kappa shape index (κ3) is 5.56. The van der Waals surface area contributed by atoms with Gasteiger partial charge in [-0.15, -0.1) is 0 Å². The van der Waals surface area contributed by atoms with Crippen molar-refractivity contribution in [3.05, 3.63) is 63.6 Å². The molecule has 1 aliphatic heterocycles. The minimum atomic E-state index is -0.563. The van der Waals surface area contributed by atoms with Gasteiger partial charge in [0.25, 0.3) is 0 Å². The van der Waals surface area contributed by atoms with Crippen LogP contribution in [0.15, 0.2) is 42.5 Å². The van der Waals surface area contributed by atoms with Gasteiger partial charge in [-0.3, -0.25) is 4.79 Å². The molecule has 0 aromatic heterocycles. The summed E-state index contributed by atoms with van der Waals surface area (Å²) in [7, 11) is 0.816. The van der Waals surface area contributed by atoms with Crippen LogP contribution in [0.3, 0.4) is 0 Å². The number of carbonyl (C=O) groups is 1. The second-order valence-electron chi connectivity index (χ2n) is 8.62. The zero-order valence-corrected chi connectivity index (χ0v) is 19.9. The summed E-state index contributed by atoms with van der Waals surface area (Å²) in [6.07, 6.45) is 0.150. The molecule has 0 N–H and O–H groups in total. The van der Waals surface area contributed by atoms with Crippen LogP contribution in [0.5, 0.6) is 5.75 Å². The lowest BCUT2D eigenvalue weighted by Gasteiger charge is -2.32. The quantitative estimate of drug-likeness (QED) is 0.380. The number of esters is 1. The summed E-state index contributed by atoms with van der Waals surface area (Å²) in [6.45, 7) is 8.31. The summed E-state index contributed by atoms with van der Waals surface area (Å²) in [6, 6.07) is 13.0. The second-order valence-corrected chi connectivity index (χ2v) is 9.43. The molecule has 1 aliphatic rings. The van der Waals surface area contributed by atoms with Crippen molar-refractivity contribution in [2.24, 2.45) is 0 Å². The first-order valence-electron chi connectivity index (χ1n) is 10.1. The number of halogens is 2. The van der Waals surface area contributed by atoms with E-state index < -0.39 is 18.3 Å². The number of methoxy groups -OCH3 is 1. The Kier molecular flexibility index (Phi) is 7.26. The van der Waals surface area contributed by atoms with Gasteiger partial charge in [-0.1, -0.05) is 41.4 Å². The Morgan fingerprint density at radius 1 is 1.00 bits per heavy atom. The fourth-order valence-electron chi connectivity index (χ4n) is 3.29. The van der Waals surface area contributed by atoms with Crippen molar-refractivity contribution in [2.75, 3.05) is 7.11 Å². The first-order chi connectivity index (χ1) is 14.5. The van der Waals surface area contributed by atoms with Crippen molar-refractivity contribution in [1.82, 2.24) is 0 Å². The molecule has 31 heavy (non-hydrogen) atoms. The van der Waals surface area contributed by atoms with Gasteiger partial charge in [-0.25, -0.2) is 0 Å². The molecule has 3 rings (SSSR count). The summed E-state index contributed by atoms with van der Waals surface area (Å²) in [5.74, 6) is 0.0674. The molecule has 2 aromatic rings. The van der Waals surface area contributed by atoms with E-state index >= 15 is 0 Å². The fourth-order valence-corrected chi connectivity index (χ4v) is 3.62. The maximum atomic E-state index is 12.1. The number of hydrogen-bond donors (Lipinski definition) is 0. The number of benzene rings is 2. The highest BCUT2D eigenvalue weighted by atomic mass is 35.5. The summed E-state index contributed by atoms with van der Waals surface area (Å²) < 4.78 is 23.2. The number of hydrogen-bond acceptors (Lipinski definition) is 5. The smallest absolute Gasteiger partial charge is 0.466 e. The highest BCUT2D eigenvalue weighted by molar-refractivity contribution is 6.48. The molecule has 8 heteroatoms. The lowest BCUT2D eigenvalue weighted by atomic mass is 9.66. The Balaban J connectivity index is 1.74. The lowest BCUT2D eigenvalue weighted by molar-refractivity contribution is -0.140.